The van der Waals surface area contributed by atoms with Crippen molar-refractivity contribution in [1.29, 1.82) is 0 Å². The zero-order chi connectivity index (χ0) is 15.0. The molecule has 0 radical (unpaired) electrons. The van der Waals surface area contributed by atoms with E-state index in [1.165, 1.54) is 18.2 Å². The van der Waals surface area contributed by atoms with E-state index in [1.807, 2.05) is 0 Å². The monoisotopic (exact) mass is 346 g/mol. The number of unbranched alkanes of at least 4 members (excludes halogenated alkanes) is 1. The first kappa shape index (κ1) is 16.6. The lowest BCUT2D eigenvalue weighted by atomic mass is 10.3. The van der Waals surface area contributed by atoms with E-state index in [0.717, 1.165) is 6.42 Å². The van der Waals surface area contributed by atoms with Gasteiger partial charge in [-0.05, 0) is 31.0 Å². The lowest BCUT2D eigenvalue weighted by molar-refractivity contribution is -0.136. The fourth-order valence-electron chi connectivity index (χ4n) is 1.43. The third kappa shape index (κ3) is 5.66. The molecular weight excluding hydrogens is 331 g/mol. The zero-order valence-corrected chi connectivity index (χ0v) is 12.6. The molecule has 0 aliphatic heterocycles. The lowest BCUT2D eigenvalue weighted by Gasteiger charge is -2.07. The molecule has 110 valence electrons. The molecule has 20 heavy (non-hydrogen) atoms. The molecule has 1 aromatic rings. The van der Waals surface area contributed by atoms with E-state index in [0.29, 0.717) is 24.0 Å². The normalized spacial score (nSPS) is 10.2. The quantitative estimate of drug-likeness (QED) is 0.612. The molecule has 0 bridgehead atoms. The van der Waals surface area contributed by atoms with Crippen LogP contribution >= 0.6 is 15.9 Å². The minimum absolute atomic E-state index is 0.0427. The van der Waals surface area contributed by atoms with Gasteiger partial charge in [0.1, 0.15) is 5.82 Å². The highest BCUT2D eigenvalue weighted by Gasteiger charge is 2.15. The summed E-state index contributed by atoms with van der Waals surface area (Å²) in [6.45, 7) is 0.974. The highest BCUT2D eigenvalue weighted by molar-refractivity contribution is 9.10. The summed E-state index contributed by atoms with van der Waals surface area (Å²) in [4.78, 5) is 23.1. The number of carbonyl (C=O) groups is 2. The number of ether oxygens (including phenoxy) is 1. The molecule has 0 unspecified atom stereocenters. The first-order valence-corrected chi connectivity index (χ1v) is 6.87. The van der Waals surface area contributed by atoms with Crippen LogP contribution < -0.4 is 10.6 Å². The standard InChI is InChI=1S/C13H16BrFN2O3/c1-20-7-3-2-6-16-12(18)13(19)17-11-8-9(14)4-5-10(11)15/h4-5,8H,2-3,6-7H2,1H3,(H,16,18)(H,17,19). The van der Waals surface area contributed by atoms with Crippen LogP contribution in [0, 0.1) is 5.82 Å². The van der Waals surface area contributed by atoms with E-state index in [1.54, 1.807) is 7.11 Å². The van der Waals surface area contributed by atoms with Gasteiger partial charge in [-0.2, -0.15) is 0 Å². The van der Waals surface area contributed by atoms with Crippen LogP contribution in [0.4, 0.5) is 10.1 Å². The molecule has 0 fully saturated rings. The van der Waals surface area contributed by atoms with Crippen molar-refractivity contribution in [2.45, 2.75) is 12.8 Å². The van der Waals surface area contributed by atoms with Gasteiger partial charge in [-0.15, -0.1) is 0 Å². The van der Waals surface area contributed by atoms with Gasteiger partial charge < -0.3 is 15.4 Å². The van der Waals surface area contributed by atoms with E-state index >= 15 is 0 Å². The number of benzene rings is 1. The Morgan fingerprint density at radius 1 is 1.30 bits per heavy atom. The maximum Gasteiger partial charge on any atom is 0.313 e. The third-order valence-electron chi connectivity index (χ3n) is 2.44. The predicted octanol–water partition coefficient (Wildman–Crippen LogP) is 2.07. The van der Waals surface area contributed by atoms with Gasteiger partial charge in [-0.25, -0.2) is 4.39 Å². The largest absolute Gasteiger partial charge is 0.385 e. The van der Waals surface area contributed by atoms with Gasteiger partial charge in [0.2, 0.25) is 0 Å². The molecule has 0 heterocycles. The molecule has 1 aromatic carbocycles. The molecular formula is C13H16BrFN2O3. The van der Waals surface area contributed by atoms with Gasteiger partial charge in [-0.3, -0.25) is 9.59 Å². The van der Waals surface area contributed by atoms with Crippen molar-refractivity contribution in [3.05, 3.63) is 28.5 Å². The zero-order valence-electron chi connectivity index (χ0n) is 11.0. The molecule has 0 atom stereocenters. The second-order valence-corrected chi connectivity index (χ2v) is 4.95. The fourth-order valence-corrected chi connectivity index (χ4v) is 1.79. The van der Waals surface area contributed by atoms with Crippen molar-refractivity contribution in [3.63, 3.8) is 0 Å². The summed E-state index contributed by atoms with van der Waals surface area (Å²) in [5.74, 6) is -2.29. The second-order valence-electron chi connectivity index (χ2n) is 4.03. The molecule has 0 aromatic heterocycles. The molecule has 0 aliphatic carbocycles. The van der Waals surface area contributed by atoms with Gasteiger partial charge in [0, 0.05) is 24.7 Å². The summed E-state index contributed by atoms with van der Waals surface area (Å²) in [5, 5.41) is 4.68. The second kappa shape index (κ2) is 8.65. The number of carbonyl (C=O) groups excluding carboxylic acids is 2. The van der Waals surface area contributed by atoms with Gasteiger partial charge >= 0.3 is 11.8 Å². The Kier molecular flexibility index (Phi) is 7.17. The Hall–Kier alpha value is -1.47. The lowest BCUT2D eigenvalue weighted by Crippen LogP contribution is -2.36. The van der Waals surface area contributed by atoms with Crippen LogP contribution in [0.5, 0.6) is 0 Å². The topological polar surface area (TPSA) is 67.4 Å². The molecule has 0 saturated heterocycles. The van der Waals surface area contributed by atoms with Crippen molar-refractivity contribution in [3.8, 4) is 0 Å². The Morgan fingerprint density at radius 3 is 2.75 bits per heavy atom. The number of hydrogen-bond acceptors (Lipinski definition) is 3. The first-order valence-electron chi connectivity index (χ1n) is 6.07. The molecule has 1 rings (SSSR count). The maximum absolute atomic E-state index is 13.4. The van der Waals surface area contributed by atoms with E-state index in [-0.39, 0.29) is 5.69 Å². The molecule has 0 aliphatic rings. The van der Waals surface area contributed by atoms with E-state index in [2.05, 4.69) is 26.6 Å². The minimum Gasteiger partial charge on any atom is -0.385 e. The highest BCUT2D eigenvalue weighted by atomic mass is 79.9. The van der Waals surface area contributed by atoms with Gasteiger partial charge in [0.15, 0.2) is 0 Å². The summed E-state index contributed by atoms with van der Waals surface area (Å²) < 4.78 is 18.9. The molecule has 5 nitrogen and oxygen atoms in total. The van der Waals surface area contributed by atoms with Gasteiger partial charge in [-0.1, -0.05) is 15.9 Å². The minimum atomic E-state index is -0.895. The van der Waals surface area contributed by atoms with Crippen LogP contribution in [0.3, 0.4) is 0 Å². The van der Waals surface area contributed by atoms with Crippen LogP contribution in [0.2, 0.25) is 0 Å². The number of hydrogen-bond donors (Lipinski definition) is 2. The van der Waals surface area contributed by atoms with Crippen molar-refractivity contribution in [1.82, 2.24) is 5.32 Å². The van der Waals surface area contributed by atoms with Crippen LogP contribution in [-0.4, -0.2) is 32.1 Å². The molecule has 2 amide bonds. The van der Waals surface area contributed by atoms with Crippen LogP contribution in [-0.2, 0) is 14.3 Å². The molecule has 7 heteroatoms. The van der Waals surface area contributed by atoms with Crippen molar-refractivity contribution >= 4 is 33.4 Å². The summed E-state index contributed by atoms with van der Waals surface area (Å²) >= 11 is 3.16. The number of anilines is 1. The molecule has 2 N–H and O–H groups in total. The summed E-state index contributed by atoms with van der Waals surface area (Å²) in [5.41, 5.74) is -0.0427. The Labute approximate surface area is 125 Å². The predicted molar refractivity (Wildman–Crippen MR) is 76.8 cm³/mol. The SMILES string of the molecule is COCCCCNC(=O)C(=O)Nc1cc(Br)ccc1F. The summed E-state index contributed by atoms with van der Waals surface area (Å²) in [6.07, 6.45) is 1.50. The smallest absolute Gasteiger partial charge is 0.313 e. The Bertz CT molecular complexity index is 483. The van der Waals surface area contributed by atoms with E-state index in [4.69, 9.17) is 4.74 Å². The van der Waals surface area contributed by atoms with Crippen molar-refractivity contribution in [2.75, 3.05) is 25.6 Å². The van der Waals surface area contributed by atoms with E-state index in [9.17, 15) is 14.0 Å². The molecule has 0 spiro atoms. The molecule has 0 saturated carbocycles. The number of methoxy groups -OCH3 is 1. The third-order valence-corrected chi connectivity index (χ3v) is 2.94. The van der Waals surface area contributed by atoms with Gasteiger partial charge in [0.25, 0.3) is 0 Å². The van der Waals surface area contributed by atoms with Crippen molar-refractivity contribution in [2.24, 2.45) is 0 Å². The average Bonchev–Trinajstić information content (AvgIpc) is 2.42. The highest BCUT2D eigenvalue weighted by Crippen LogP contribution is 2.19. The number of amides is 2. The van der Waals surface area contributed by atoms with Crippen LogP contribution in [0.1, 0.15) is 12.8 Å². The summed E-state index contributed by atoms with van der Waals surface area (Å²) in [6, 6.07) is 4.09. The van der Waals surface area contributed by atoms with Crippen LogP contribution in [0.15, 0.2) is 22.7 Å². The number of rotatable bonds is 6. The maximum atomic E-state index is 13.4. The summed E-state index contributed by atoms with van der Waals surface area (Å²) in [7, 11) is 1.60. The Morgan fingerprint density at radius 2 is 2.05 bits per heavy atom. The Balaban J connectivity index is 2.41. The number of halogens is 2. The van der Waals surface area contributed by atoms with Gasteiger partial charge in [0.05, 0.1) is 5.69 Å². The van der Waals surface area contributed by atoms with Crippen molar-refractivity contribution < 1.29 is 18.7 Å². The van der Waals surface area contributed by atoms with Crippen LogP contribution in [0.25, 0.3) is 0 Å². The average molecular weight is 347 g/mol. The fraction of sp³-hybridized carbons (Fsp3) is 0.385. The first-order chi connectivity index (χ1) is 9.54. The number of nitrogens with one attached hydrogen (secondary N) is 2. The van der Waals surface area contributed by atoms with E-state index < -0.39 is 17.6 Å².